The molecule has 0 N–H and O–H groups in total. The number of aryl methyl sites for hydroxylation is 2. The lowest BCUT2D eigenvalue weighted by atomic mass is 9.97. The van der Waals surface area contributed by atoms with Crippen molar-refractivity contribution in [3.63, 3.8) is 0 Å². The Bertz CT molecular complexity index is 826. The van der Waals surface area contributed by atoms with Crippen LogP contribution in [0.25, 0.3) is 0 Å². The van der Waals surface area contributed by atoms with E-state index in [1.165, 1.54) is 0 Å². The third-order valence-corrected chi connectivity index (χ3v) is 5.17. The number of carbonyl (C=O) groups is 2. The highest BCUT2D eigenvalue weighted by molar-refractivity contribution is 6.10. The van der Waals surface area contributed by atoms with Crippen molar-refractivity contribution in [3.8, 4) is 0 Å². The molecule has 0 bridgehead atoms. The summed E-state index contributed by atoms with van der Waals surface area (Å²) in [6.45, 7) is 7.17. The molecule has 1 fully saturated rings. The maximum Gasteiger partial charge on any atom is 0.307 e. The second-order valence-corrected chi connectivity index (χ2v) is 7.19. The van der Waals surface area contributed by atoms with Crippen LogP contribution < -0.4 is 4.90 Å². The van der Waals surface area contributed by atoms with Gasteiger partial charge < -0.3 is 9.64 Å². The monoisotopic (exact) mass is 365 g/mol. The predicted octanol–water partition coefficient (Wildman–Crippen LogP) is 4.46. The molecule has 0 spiro atoms. The normalized spacial score (nSPS) is 16.4. The Morgan fingerprint density at radius 3 is 2.52 bits per heavy atom. The highest BCUT2D eigenvalue weighted by atomic mass is 16.5. The molecule has 1 heterocycles. The van der Waals surface area contributed by atoms with Crippen LogP contribution in [0.2, 0.25) is 0 Å². The minimum Gasteiger partial charge on any atom is -0.466 e. The summed E-state index contributed by atoms with van der Waals surface area (Å²) >= 11 is 0. The van der Waals surface area contributed by atoms with Crippen LogP contribution in [0.15, 0.2) is 42.5 Å². The zero-order valence-corrected chi connectivity index (χ0v) is 16.3. The molecule has 1 aliphatic heterocycles. The van der Waals surface area contributed by atoms with Crippen molar-refractivity contribution in [1.82, 2.24) is 0 Å². The molecule has 1 aliphatic rings. The van der Waals surface area contributed by atoms with Gasteiger partial charge in [-0.05, 0) is 63.4 Å². The number of ether oxygens (including phenoxy) is 1. The third kappa shape index (κ3) is 4.38. The van der Waals surface area contributed by atoms with Crippen molar-refractivity contribution in [2.24, 2.45) is 0 Å². The smallest absolute Gasteiger partial charge is 0.307 e. The van der Waals surface area contributed by atoms with Crippen LogP contribution in [0.3, 0.4) is 0 Å². The van der Waals surface area contributed by atoms with Gasteiger partial charge in [-0.15, -0.1) is 0 Å². The first-order valence-corrected chi connectivity index (χ1v) is 9.64. The van der Waals surface area contributed by atoms with E-state index < -0.39 is 0 Å². The summed E-state index contributed by atoms with van der Waals surface area (Å²) in [6, 6.07) is 13.8. The Kier molecular flexibility index (Phi) is 5.94. The van der Waals surface area contributed by atoms with Crippen LogP contribution >= 0.6 is 0 Å². The highest BCUT2D eigenvalue weighted by Gasteiger charge is 2.27. The van der Waals surface area contributed by atoms with Gasteiger partial charge in [-0.25, -0.2) is 0 Å². The van der Waals surface area contributed by atoms with Gasteiger partial charge in [0.25, 0.3) is 0 Å². The van der Waals surface area contributed by atoms with E-state index in [1.807, 2.05) is 63.2 Å². The Morgan fingerprint density at radius 1 is 1.11 bits per heavy atom. The summed E-state index contributed by atoms with van der Waals surface area (Å²) < 4.78 is 5.10. The van der Waals surface area contributed by atoms with Crippen LogP contribution in [0.5, 0.6) is 0 Å². The van der Waals surface area contributed by atoms with E-state index in [0.29, 0.717) is 18.6 Å². The zero-order chi connectivity index (χ0) is 19.4. The Balaban J connectivity index is 1.74. The van der Waals surface area contributed by atoms with Crippen molar-refractivity contribution in [2.75, 3.05) is 18.1 Å². The van der Waals surface area contributed by atoms with Gasteiger partial charge in [-0.3, -0.25) is 9.59 Å². The van der Waals surface area contributed by atoms with Gasteiger partial charge in [-0.1, -0.05) is 23.8 Å². The van der Waals surface area contributed by atoms with Crippen LogP contribution in [0.1, 0.15) is 53.2 Å². The summed E-state index contributed by atoms with van der Waals surface area (Å²) in [5.74, 6) is -0.0976. The van der Waals surface area contributed by atoms with Crippen molar-refractivity contribution < 1.29 is 14.3 Å². The Morgan fingerprint density at radius 2 is 1.85 bits per heavy atom. The van der Waals surface area contributed by atoms with Crippen molar-refractivity contribution in [2.45, 2.75) is 46.1 Å². The second kappa shape index (κ2) is 8.38. The number of benzene rings is 2. The number of hydrogen-bond acceptors (Lipinski definition) is 4. The molecule has 0 amide bonds. The molecule has 1 unspecified atom stereocenters. The van der Waals surface area contributed by atoms with Gasteiger partial charge in [0.1, 0.15) is 0 Å². The summed E-state index contributed by atoms with van der Waals surface area (Å²) in [4.78, 5) is 26.9. The maximum absolute atomic E-state index is 12.8. The Hall–Kier alpha value is -2.62. The molecular formula is C23H27NO3. The second-order valence-electron chi connectivity index (χ2n) is 7.19. The number of rotatable bonds is 6. The molecule has 4 nitrogen and oxygen atoms in total. The molecule has 2 aromatic carbocycles. The summed E-state index contributed by atoms with van der Waals surface area (Å²) in [5, 5.41) is 0. The average molecular weight is 365 g/mol. The molecule has 0 radical (unpaired) electrons. The number of esters is 1. The molecule has 1 atom stereocenters. The first-order valence-electron chi connectivity index (χ1n) is 9.64. The zero-order valence-electron chi connectivity index (χ0n) is 16.3. The largest absolute Gasteiger partial charge is 0.466 e. The van der Waals surface area contributed by atoms with Gasteiger partial charge in [0.15, 0.2) is 5.78 Å². The van der Waals surface area contributed by atoms with Crippen LogP contribution in [-0.4, -0.2) is 30.9 Å². The van der Waals surface area contributed by atoms with Crippen molar-refractivity contribution in [1.29, 1.82) is 0 Å². The SMILES string of the molecule is CCOC(=O)CC1CCCN1c1ccc(C(=O)c2ccc(C)cc2C)cc1. The lowest BCUT2D eigenvalue weighted by Gasteiger charge is -2.26. The Labute approximate surface area is 161 Å². The van der Waals surface area contributed by atoms with Gasteiger partial charge in [0.05, 0.1) is 13.0 Å². The van der Waals surface area contributed by atoms with Gasteiger partial charge in [-0.2, -0.15) is 0 Å². The third-order valence-electron chi connectivity index (χ3n) is 5.17. The van der Waals surface area contributed by atoms with Crippen molar-refractivity contribution >= 4 is 17.4 Å². The fourth-order valence-corrected chi connectivity index (χ4v) is 3.83. The fourth-order valence-electron chi connectivity index (χ4n) is 3.83. The van der Waals surface area contributed by atoms with E-state index in [-0.39, 0.29) is 17.8 Å². The number of carbonyl (C=O) groups excluding carboxylic acids is 2. The lowest BCUT2D eigenvalue weighted by Crippen LogP contribution is -2.31. The molecule has 4 heteroatoms. The summed E-state index contributed by atoms with van der Waals surface area (Å²) in [5.41, 5.74) is 4.64. The van der Waals surface area contributed by atoms with E-state index in [1.54, 1.807) is 0 Å². The van der Waals surface area contributed by atoms with Crippen LogP contribution in [-0.2, 0) is 9.53 Å². The van der Waals surface area contributed by atoms with E-state index in [2.05, 4.69) is 4.90 Å². The molecule has 2 aromatic rings. The lowest BCUT2D eigenvalue weighted by molar-refractivity contribution is -0.143. The molecule has 0 saturated carbocycles. The topological polar surface area (TPSA) is 46.6 Å². The fraction of sp³-hybridized carbons (Fsp3) is 0.391. The van der Waals surface area contributed by atoms with E-state index in [9.17, 15) is 9.59 Å². The van der Waals surface area contributed by atoms with Gasteiger partial charge in [0, 0.05) is 29.4 Å². The average Bonchev–Trinajstić information content (AvgIpc) is 3.09. The van der Waals surface area contributed by atoms with Gasteiger partial charge in [0.2, 0.25) is 0 Å². The molecule has 142 valence electrons. The van der Waals surface area contributed by atoms with Crippen molar-refractivity contribution in [3.05, 3.63) is 64.7 Å². The quantitative estimate of drug-likeness (QED) is 0.560. The maximum atomic E-state index is 12.8. The summed E-state index contributed by atoms with van der Waals surface area (Å²) in [6.07, 6.45) is 2.46. The number of ketones is 1. The molecule has 0 aliphatic carbocycles. The van der Waals surface area contributed by atoms with Gasteiger partial charge >= 0.3 is 5.97 Å². The van der Waals surface area contributed by atoms with E-state index in [0.717, 1.165) is 41.8 Å². The van der Waals surface area contributed by atoms with Crippen LogP contribution in [0, 0.1) is 13.8 Å². The molecular weight excluding hydrogens is 338 g/mol. The van der Waals surface area contributed by atoms with E-state index >= 15 is 0 Å². The first-order chi connectivity index (χ1) is 13.0. The first kappa shape index (κ1) is 19.2. The van der Waals surface area contributed by atoms with E-state index in [4.69, 9.17) is 4.74 Å². The molecule has 1 saturated heterocycles. The molecule has 0 aromatic heterocycles. The predicted molar refractivity (Wildman–Crippen MR) is 107 cm³/mol. The number of hydrogen-bond donors (Lipinski definition) is 0. The molecule has 27 heavy (non-hydrogen) atoms. The number of anilines is 1. The number of nitrogens with zero attached hydrogens (tertiary/aromatic N) is 1. The van der Waals surface area contributed by atoms with Crippen LogP contribution in [0.4, 0.5) is 5.69 Å². The summed E-state index contributed by atoms with van der Waals surface area (Å²) in [7, 11) is 0. The standard InChI is InChI=1S/C23H27NO3/c1-4-27-22(25)15-20-6-5-13-24(20)19-10-8-18(9-11-19)23(26)21-12-7-16(2)14-17(21)3/h7-12,14,20H,4-6,13,15H2,1-3H3. The molecule has 3 rings (SSSR count). The highest BCUT2D eigenvalue weighted by Crippen LogP contribution is 2.28. The minimum absolute atomic E-state index is 0.0449. The minimum atomic E-state index is -0.143.